The van der Waals surface area contributed by atoms with E-state index in [2.05, 4.69) is 6.07 Å². The number of carbonyl (C=O) groups is 1. The molecule has 0 aromatic heterocycles. The lowest BCUT2D eigenvalue weighted by Crippen LogP contribution is -2.23. The van der Waals surface area contributed by atoms with Gasteiger partial charge in [0.1, 0.15) is 0 Å². The summed E-state index contributed by atoms with van der Waals surface area (Å²) in [7, 11) is 0. The number of benzene rings is 1. The smallest absolute Gasteiger partial charge is 0.222 e. The molecule has 3 nitrogen and oxygen atoms in total. The highest BCUT2D eigenvalue weighted by atomic mass is 16.2. The third-order valence-corrected chi connectivity index (χ3v) is 2.77. The first-order valence-corrected chi connectivity index (χ1v) is 5.35. The number of rotatable bonds is 3. The molecule has 1 aliphatic heterocycles. The van der Waals surface area contributed by atoms with Gasteiger partial charge in [0.15, 0.2) is 0 Å². The molecule has 1 heterocycles. The standard InChI is InChI=1S/C12H16N2O/c13-8-10-3-1-4-11(7-10)9-14-6-2-5-12(14)15/h1,3-4,7H,2,5-6,8-9,13H2. The van der Waals surface area contributed by atoms with Crippen molar-refractivity contribution in [1.29, 1.82) is 0 Å². The van der Waals surface area contributed by atoms with Gasteiger partial charge in [-0.1, -0.05) is 24.3 Å². The van der Waals surface area contributed by atoms with Crippen molar-refractivity contribution in [2.24, 2.45) is 5.73 Å². The molecule has 3 heteroatoms. The minimum atomic E-state index is 0.271. The zero-order valence-corrected chi connectivity index (χ0v) is 8.78. The van der Waals surface area contributed by atoms with Gasteiger partial charge in [0.25, 0.3) is 0 Å². The van der Waals surface area contributed by atoms with Crippen molar-refractivity contribution in [2.75, 3.05) is 6.54 Å². The molecule has 0 bridgehead atoms. The van der Waals surface area contributed by atoms with Gasteiger partial charge in [-0.15, -0.1) is 0 Å². The zero-order chi connectivity index (χ0) is 10.7. The van der Waals surface area contributed by atoms with E-state index in [9.17, 15) is 4.79 Å². The first kappa shape index (κ1) is 10.2. The summed E-state index contributed by atoms with van der Waals surface area (Å²) in [6.07, 6.45) is 1.70. The van der Waals surface area contributed by atoms with Crippen LogP contribution in [-0.2, 0) is 17.9 Å². The molecule has 15 heavy (non-hydrogen) atoms. The number of hydrogen-bond donors (Lipinski definition) is 1. The molecule has 1 aliphatic rings. The molecule has 1 fully saturated rings. The molecule has 1 amide bonds. The molecule has 1 saturated heterocycles. The van der Waals surface area contributed by atoms with E-state index in [1.807, 2.05) is 23.1 Å². The van der Waals surface area contributed by atoms with Gasteiger partial charge in [-0.2, -0.15) is 0 Å². The summed E-state index contributed by atoms with van der Waals surface area (Å²) in [5.74, 6) is 0.271. The highest BCUT2D eigenvalue weighted by molar-refractivity contribution is 5.78. The van der Waals surface area contributed by atoms with Gasteiger partial charge in [-0.25, -0.2) is 0 Å². The normalized spacial score (nSPS) is 16.1. The van der Waals surface area contributed by atoms with Gasteiger partial charge in [0, 0.05) is 26.1 Å². The van der Waals surface area contributed by atoms with Gasteiger partial charge in [0.2, 0.25) is 5.91 Å². The van der Waals surface area contributed by atoms with Crippen LogP contribution in [-0.4, -0.2) is 17.4 Å². The number of nitrogens with zero attached hydrogens (tertiary/aromatic N) is 1. The molecule has 80 valence electrons. The van der Waals surface area contributed by atoms with Gasteiger partial charge in [-0.3, -0.25) is 4.79 Å². The molecule has 2 rings (SSSR count). The van der Waals surface area contributed by atoms with Crippen LogP contribution in [0.2, 0.25) is 0 Å². The SMILES string of the molecule is NCc1cccc(CN2CCCC2=O)c1. The van der Waals surface area contributed by atoms with Crippen LogP contribution >= 0.6 is 0 Å². The summed E-state index contributed by atoms with van der Waals surface area (Å²) in [4.78, 5) is 13.3. The lowest BCUT2D eigenvalue weighted by molar-refractivity contribution is -0.128. The molecule has 0 atom stereocenters. The number of carbonyl (C=O) groups excluding carboxylic acids is 1. The Hall–Kier alpha value is -1.35. The van der Waals surface area contributed by atoms with Crippen molar-refractivity contribution in [3.8, 4) is 0 Å². The summed E-state index contributed by atoms with van der Waals surface area (Å²) < 4.78 is 0. The molecular formula is C12H16N2O. The molecule has 1 aromatic carbocycles. The Morgan fingerprint density at radius 2 is 2.13 bits per heavy atom. The van der Waals surface area contributed by atoms with E-state index in [4.69, 9.17) is 5.73 Å². The van der Waals surface area contributed by atoms with Crippen molar-refractivity contribution in [3.05, 3.63) is 35.4 Å². The maximum Gasteiger partial charge on any atom is 0.222 e. The third-order valence-electron chi connectivity index (χ3n) is 2.77. The predicted molar refractivity (Wildman–Crippen MR) is 59.0 cm³/mol. The van der Waals surface area contributed by atoms with Crippen LogP contribution < -0.4 is 5.73 Å². The quantitative estimate of drug-likeness (QED) is 0.806. The lowest BCUT2D eigenvalue weighted by atomic mass is 10.1. The van der Waals surface area contributed by atoms with Crippen molar-refractivity contribution >= 4 is 5.91 Å². The number of hydrogen-bond acceptors (Lipinski definition) is 2. The minimum absolute atomic E-state index is 0.271. The predicted octanol–water partition coefficient (Wildman–Crippen LogP) is 1.27. The molecule has 0 aliphatic carbocycles. The van der Waals surface area contributed by atoms with Crippen molar-refractivity contribution in [3.63, 3.8) is 0 Å². The van der Waals surface area contributed by atoms with Gasteiger partial charge >= 0.3 is 0 Å². The number of likely N-dealkylation sites (tertiary alicyclic amines) is 1. The van der Waals surface area contributed by atoms with Crippen molar-refractivity contribution < 1.29 is 4.79 Å². The Morgan fingerprint density at radius 1 is 1.33 bits per heavy atom. The molecular weight excluding hydrogens is 188 g/mol. The van der Waals surface area contributed by atoms with E-state index in [-0.39, 0.29) is 5.91 Å². The van der Waals surface area contributed by atoms with Crippen molar-refractivity contribution in [1.82, 2.24) is 4.90 Å². The molecule has 0 radical (unpaired) electrons. The second-order valence-electron chi connectivity index (χ2n) is 3.94. The Bertz CT molecular complexity index is 362. The molecule has 0 unspecified atom stereocenters. The maximum absolute atomic E-state index is 11.4. The summed E-state index contributed by atoms with van der Waals surface area (Å²) in [5.41, 5.74) is 7.87. The van der Waals surface area contributed by atoms with Crippen LogP contribution in [0.3, 0.4) is 0 Å². The minimum Gasteiger partial charge on any atom is -0.338 e. The number of amides is 1. The van der Waals surface area contributed by atoms with Gasteiger partial charge in [-0.05, 0) is 17.5 Å². The van der Waals surface area contributed by atoms with Crippen LogP contribution in [0.25, 0.3) is 0 Å². The van der Waals surface area contributed by atoms with Crippen LogP contribution in [0.4, 0.5) is 0 Å². The Balaban J connectivity index is 2.06. The van der Waals surface area contributed by atoms with Gasteiger partial charge in [0.05, 0.1) is 0 Å². The van der Waals surface area contributed by atoms with E-state index in [1.54, 1.807) is 0 Å². The monoisotopic (exact) mass is 204 g/mol. The van der Waals surface area contributed by atoms with Crippen LogP contribution in [0.15, 0.2) is 24.3 Å². The summed E-state index contributed by atoms with van der Waals surface area (Å²) >= 11 is 0. The van der Waals surface area contributed by atoms with E-state index in [1.165, 1.54) is 5.56 Å². The van der Waals surface area contributed by atoms with Crippen molar-refractivity contribution in [2.45, 2.75) is 25.9 Å². The average molecular weight is 204 g/mol. The maximum atomic E-state index is 11.4. The van der Waals surface area contributed by atoms with E-state index < -0.39 is 0 Å². The molecule has 0 saturated carbocycles. The zero-order valence-electron chi connectivity index (χ0n) is 8.78. The van der Waals surface area contributed by atoms with E-state index in [0.717, 1.165) is 25.1 Å². The topological polar surface area (TPSA) is 46.3 Å². The molecule has 0 spiro atoms. The average Bonchev–Trinajstić information content (AvgIpc) is 2.65. The molecule has 2 N–H and O–H groups in total. The fraction of sp³-hybridized carbons (Fsp3) is 0.417. The van der Waals surface area contributed by atoms with Crippen LogP contribution in [0.5, 0.6) is 0 Å². The van der Waals surface area contributed by atoms with Gasteiger partial charge < -0.3 is 10.6 Å². The van der Waals surface area contributed by atoms with Crippen LogP contribution in [0.1, 0.15) is 24.0 Å². The highest BCUT2D eigenvalue weighted by Crippen LogP contribution is 2.14. The summed E-state index contributed by atoms with van der Waals surface area (Å²) in [6.45, 7) is 2.18. The second-order valence-corrected chi connectivity index (χ2v) is 3.94. The Kier molecular flexibility index (Phi) is 3.02. The van der Waals surface area contributed by atoms with E-state index >= 15 is 0 Å². The summed E-state index contributed by atoms with van der Waals surface area (Å²) in [5, 5.41) is 0. The second kappa shape index (κ2) is 4.45. The first-order valence-electron chi connectivity index (χ1n) is 5.35. The third kappa shape index (κ3) is 2.36. The molecule has 1 aromatic rings. The fourth-order valence-electron chi connectivity index (χ4n) is 1.95. The largest absolute Gasteiger partial charge is 0.338 e. The number of nitrogens with two attached hydrogens (primary N) is 1. The Morgan fingerprint density at radius 3 is 2.80 bits per heavy atom. The first-order chi connectivity index (χ1) is 7.29. The van der Waals surface area contributed by atoms with Crippen LogP contribution in [0, 0.1) is 0 Å². The fourth-order valence-corrected chi connectivity index (χ4v) is 1.95. The highest BCUT2D eigenvalue weighted by Gasteiger charge is 2.19. The Labute approximate surface area is 89.9 Å². The summed E-state index contributed by atoms with van der Waals surface area (Å²) in [6, 6.07) is 8.13. The lowest BCUT2D eigenvalue weighted by Gasteiger charge is -2.15. The van der Waals surface area contributed by atoms with E-state index in [0.29, 0.717) is 13.0 Å².